The molecule has 5 aromatic rings. The van der Waals surface area contributed by atoms with Crippen LogP contribution in [0.4, 0.5) is 29.8 Å². The van der Waals surface area contributed by atoms with Crippen LogP contribution < -0.4 is 25.8 Å². The number of benzene rings is 1. The summed E-state index contributed by atoms with van der Waals surface area (Å²) in [5, 5.41) is 9.92. The summed E-state index contributed by atoms with van der Waals surface area (Å²) >= 11 is 7.68. The van der Waals surface area contributed by atoms with Crippen LogP contribution in [0.25, 0.3) is 32.2 Å². The predicted molar refractivity (Wildman–Crippen MR) is 178 cm³/mol. The van der Waals surface area contributed by atoms with Gasteiger partial charge in [-0.3, -0.25) is 9.88 Å². The molecule has 2 unspecified atom stereocenters. The van der Waals surface area contributed by atoms with Crippen molar-refractivity contribution in [2.45, 2.75) is 38.0 Å². The second-order valence-corrected chi connectivity index (χ2v) is 13.1. The number of ether oxygens (including phenoxy) is 2. The van der Waals surface area contributed by atoms with Gasteiger partial charge in [-0.1, -0.05) is 17.7 Å². The molecule has 4 N–H and O–H groups in total. The normalized spacial score (nSPS) is 18.6. The number of hydrogen-bond donors (Lipinski definition) is 2. The first kappa shape index (κ1) is 31.9. The maximum absolute atomic E-state index is 16.5. The van der Waals surface area contributed by atoms with E-state index in [9.17, 15) is 14.0 Å². The lowest BCUT2D eigenvalue weighted by atomic mass is 10.0. The number of alkyl halides is 1. The van der Waals surface area contributed by atoms with Crippen molar-refractivity contribution in [1.29, 1.82) is 5.26 Å². The van der Waals surface area contributed by atoms with E-state index in [2.05, 4.69) is 24.8 Å². The van der Waals surface area contributed by atoms with Crippen LogP contribution in [0, 0.1) is 23.0 Å². The molecule has 0 amide bonds. The molecule has 7 heterocycles. The van der Waals surface area contributed by atoms with Crippen LogP contribution in [-0.2, 0) is 6.54 Å². The van der Waals surface area contributed by atoms with Crippen molar-refractivity contribution in [1.82, 2.24) is 24.8 Å². The molecule has 0 spiro atoms. The maximum Gasteiger partial charge on any atom is 0.318 e. The molecule has 248 valence electrons. The lowest BCUT2D eigenvalue weighted by molar-refractivity contribution is 0.292. The number of methoxy groups -OCH3 is 1. The summed E-state index contributed by atoms with van der Waals surface area (Å²) in [6.07, 6.45) is 5.33. The van der Waals surface area contributed by atoms with Gasteiger partial charge in [0.1, 0.15) is 41.0 Å². The number of nitrogens with zero attached hydrogens (tertiary/aromatic N) is 7. The van der Waals surface area contributed by atoms with Crippen LogP contribution in [0.5, 0.6) is 11.8 Å². The van der Waals surface area contributed by atoms with E-state index in [1.54, 1.807) is 12.3 Å². The number of fused-ring (bicyclic) bond motifs is 2. The molecule has 2 fully saturated rings. The Morgan fingerprint density at radius 3 is 2.79 bits per heavy atom. The first-order chi connectivity index (χ1) is 23.2. The van der Waals surface area contributed by atoms with Crippen molar-refractivity contribution < 1.29 is 22.6 Å². The summed E-state index contributed by atoms with van der Waals surface area (Å²) in [6, 6.07) is 6.05. The second-order valence-electron chi connectivity index (χ2n) is 11.6. The van der Waals surface area contributed by atoms with Gasteiger partial charge in [-0.2, -0.15) is 15.2 Å². The molecule has 4 aromatic heterocycles. The average Bonchev–Trinajstić information content (AvgIpc) is 3.72. The molecule has 1 aromatic carbocycles. The van der Waals surface area contributed by atoms with E-state index in [1.165, 1.54) is 20.0 Å². The Balaban J connectivity index is 0.000000347. The van der Waals surface area contributed by atoms with Gasteiger partial charge in [0.15, 0.2) is 17.4 Å². The smallest absolute Gasteiger partial charge is 0.318 e. The number of hydrogen-bond acceptors (Lipinski definition) is 12. The van der Waals surface area contributed by atoms with Crippen molar-refractivity contribution >= 4 is 60.6 Å². The van der Waals surface area contributed by atoms with Gasteiger partial charge in [0.25, 0.3) is 0 Å². The highest BCUT2D eigenvalue weighted by atomic mass is 35.5. The molecule has 0 radical (unpaired) electrons. The van der Waals surface area contributed by atoms with E-state index in [0.29, 0.717) is 37.3 Å². The summed E-state index contributed by atoms with van der Waals surface area (Å²) < 4.78 is 55.1. The third-order valence-corrected chi connectivity index (χ3v) is 10.2. The van der Waals surface area contributed by atoms with Gasteiger partial charge in [0.05, 0.1) is 51.8 Å². The van der Waals surface area contributed by atoms with Crippen molar-refractivity contribution in [2.24, 2.45) is 0 Å². The summed E-state index contributed by atoms with van der Waals surface area (Å²) in [6.45, 7) is 2.64. The number of aromatic nitrogens is 4. The molecule has 48 heavy (non-hydrogen) atoms. The summed E-state index contributed by atoms with van der Waals surface area (Å²) in [5.41, 5.74) is 12.3. The molecule has 3 aliphatic rings. The van der Waals surface area contributed by atoms with Gasteiger partial charge in [-0.25, -0.2) is 18.2 Å². The molecule has 0 bridgehead atoms. The first-order valence-corrected chi connectivity index (χ1v) is 16.4. The Labute approximate surface area is 281 Å². The summed E-state index contributed by atoms with van der Waals surface area (Å²) in [7, 11) is 1.36. The number of anilines is 3. The van der Waals surface area contributed by atoms with Gasteiger partial charge in [0, 0.05) is 36.3 Å². The highest BCUT2D eigenvalue weighted by Gasteiger charge is 2.35. The van der Waals surface area contributed by atoms with Gasteiger partial charge in [-0.15, -0.1) is 11.3 Å². The van der Waals surface area contributed by atoms with E-state index in [4.69, 9.17) is 32.5 Å². The molecule has 0 saturated carbocycles. The van der Waals surface area contributed by atoms with Crippen LogP contribution in [0.1, 0.15) is 30.4 Å². The molecule has 16 heteroatoms. The number of pyridine rings is 2. The SMILES string of the molecule is COc1nc2c3c(c(Cl)c(-c4ncc(F)c5sc(N)c(C#N)c45)c(F)c3n1)OCCN2Cc1cccnc1N.FC1CC2CCCN2C1. The lowest BCUT2D eigenvalue weighted by Crippen LogP contribution is -2.28. The number of thiophene rings is 1. The fourth-order valence-corrected chi connectivity index (χ4v) is 7.86. The van der Waals surface area contributed by atoms with Gasteiger partial charge < -0.3 is 25.8 Å². The number of nitrogens with two attached hydrogens (primary N) is 2. The number of rotatable bonds is 4. The van der Waals surface area contributed by atoms with Crippen LogP contribution in [0.15, 0.2) is 24.5 Å². The molecule has 2 saturated heterocycles. The van der Waals surface area contributed by atoms with Crippen LogP contribution in [-0.4, -0.2) is 70.4 Å². The maximum atomic E-state index is 16.5. The van der Waals surface area contributed by atoms with Crippen molar-refractivity contribution in [3.05, 3.63) is 52.3 Å². The Bertz CT molecular complexity index is 2100. The number of nitrogen functional groups attached to an aromatic ring is 2. The van der Waals surface area contributed by atoms with E-state index in [-0.39, 0.29) is 66.2 Å². The third-order valence-electron chi connectivity index (χ3n) is 8.82. The topological polar surface area (TPSA) is 152 Å². The zero-order valence-electron chi connectivity index (χ0n) is 25.6. The third kappa shape index (κ3) is 5.43. The summed E-state index contributed by atoms with van der Waals surface area (Å²) in [4.78, 5) is 21.2. The predicted octanol–water partition coefficient (Wildman–Crippen LogP) is 5.87. The highest BCUT2D eigenvalue weighted by molar-refractivity contribution is 7.23. The first-order valence-electron chi connectivity index (χ1n) is 15.2. The fraction of sp³-hybridized carbons (Fsp3) is 0.344. The van der Waals surface area contributed by atoms with E-state index in [0.717, 1.165) is 36.1 Å². The lowest BCUT2D eigenvalue weighted by Gasteiger charge is -2.23. The zero-order valence-corrected chi connectivity index (χ0v) is 27.2. The molecular weight excluding hydrogens is 667 g/mol. The van der Waals surface area contributed by atoms with Crippen molar-refractivity contribution in [3.63, 3.8) is 0 Å². The van der Waals surface area contributed by atoms with Crippen LogP contribution >= 0.6 is 22.9 Å². The monoisotopic (exact) mass is 695 g/mol. The molecule has 2 atom stereocenters. The van der Waals surface area contributed by atoms with Gasteiger partial charge in [0.2, 0.25) is 0 Å². The molecule has 0 aliphatic carbocycles. The van der Waals surface area contributed by atoms with E-state index >= 15 is 4.39 Å². The minimum atomic E-state index is -0.874. The van der Waals surface area contributed by atoms with Crippen molar-refractivity contribution in [3.8, 4) is 29.1 Å². The summed E-state index contributed by atoms with van der Waals surface area (Å²) in [5.74, 6) is -0.802. The molecule has 8 rings (SSSR count). The van der Waals surface area contributed by atoms with Crippen LogP contribution in [0.2, 0.25) is 5.02 Å². The second kappa shape index (κ2) is 12.8. The van der Waals surface area contributed by atoms with E-state index < -0.39 is 17.8 Å². The quantitative estimate of drug-likeness (QED) is 0.232. The Hall–Kier alpha value is -4.65. The Morgan fingerprint density at radius 1 is 1.21 bits per heavy atom. The minimum Gasteiger partial charge on any atom is -0.489 e. The Morgan fingerprint density at radius 2 is 2.04 bits per heavy atom. The molecule has 11 nitrogen and oxygen atoms in total. The molecule has 3 aliphatic heterocycles. The molecular formula is C32H29ClF3N9O2S. The largest absolute Gasteiger partial charge is 0.489 e. The standard InChI is InChI=1S/C25H17ClF2N8O2S.C7H12FN/c1-37-25-34-19-15-20(38-6-5-36(24(15)35-25)9-10-3-2-4-32-22(10)30)16(26)14(17(19)28)18-13-11(7-29)23(31)39-21(13)12(27)8-33-18;8-6-4-7-2-1-3-9(7)5-6/h2-4,8H,5-6,9,31H2,1H3,(H2,30,32);6-7H,1-5H2. The zero-order chi connectivity index (χ0) is 33.7. The number of halogens is 4. The average molecular weight is 696 g/mol. The number of nitriles is 1. The van der Waals surface area contributed by atoms with Crippen LogP contribution in [0.3, 0.4) is 0 Å². The fourth-order valence-electron chi connectivity index (χ4n) is 6.62. The van der Waals surface area contributed by atoms with Crippen molar-refractivity contribution in [2.75, 3.05) is 49.7 Å². The van der Waals surface area contributed by atoms with Gasteiger partial charge in [-0.05, 0) is 31.9 Å². The van der Waals surface area contributed by atoms with E-state index in [1.807, 2.05) is 17.0 Å². The highest BCUT2D eigenvalue weighted by Crippen LogP contribution is 2.50. The minimum absolute atomic E-state index is 0.0273. The van der Waals surface area contributed by atoms with Gasteiger partial charge >= 0.3 is 6.01 Å². The Kier molecular flexibility index (Phi) is 8.48.